The summed E-state index contributed by atoms with van der Waals surface area (Å²) in [5.74, 6) is 0. The van der Waals surface area contributed by atoms with Gasteiger partial charge in [-0.05, 0) is 64.9 Å². The molecule has 4 aromatic rings. The molecule has 1 aliphatic carbocycles. The predicted octanol–water partition coefficient (Wildman–Crippen LogP) is 8.03. The van der Waals surface area contributed by atoms with Crippen LogP contribution in [0.2, 0.25) is 0 Å². The number of rotatable bonds is 4. The lowest BCUT2D eigenvalue weighted by molar-refractivity contribution is -0.475. The number of benzene rings is 4. The molecule has 0 bridgehead atoms. The Morgan fingerprint density at radius 1 is 0.732 bits per heavy atom. The van der Waals surface area contributed by atoms with Crippen LogP contribution < -0.4 is 0 Å². The minimum atomic E-state index is 0.693. The zero-order valence-corrected chi connectivity index (χ0v) is 23.4. The van der Waals surface area contributed by atoms with Crippen molar-refractivity contribution in [2.45, 2.75) is 33.1 Å². The predicted molar refractivity (Wildman–Crippen MR) is 166 cm³/mol. The smallest absolute Gasteiger partial charge is 0.197 e. The van der Waals surface area contributed by atoms with E-state index in [9.17, 15) is 5.26 Å². The monoisotopic (exact) mass is 530 g/mol. The average molecular weight is 531 g/mol. The van der Waals surface area contributed by atoms with Crippen LogP contribution in [0.4, 0.5) is 0 Å². The van der Waals surface area contributed by atoms with E-state index in [0.717, 1.165) is 42.9 Å². The van der Waals surface area contributed by atoms with Crippen molar-refractivity contribution < 1.29 is 4.58 Å². The largest absolute Gasteiger partial charge is 0.574 e. The second-order valence-corrected chi connectivity index (χ2v) is 10.9. The van der Waals surface area contributed by atoms with E-state index < -0.39 is 0 Å². The molecule has 0 fully saturated rings. The molecule has 2 aliphatic heterocycles. The maximum absolute atomic E-state index is 9.25. The van der Waals surface area contributed by atoms with Gasteiger partial charge in [0.15, 0.2) is 18.0 Å². The number of fused-ring (bicyclic) bond motifs is 4. The van der Waals surface area contributed by atoms with Gasteiger partial charge in [0.25, 0.3) is 0 Å². The van der Waals surface area contributed by atoms with Crippen molar-refractivity contribution >= 4 is 17.0 Å². The summed E-state index contributed by atoms with van der Waals surface area (Å²) in [7, 11) is 0. The van der Waals surface area contributed by atoms with E-state index in [-0.39, 0.29) is 0 Å². The average Bonchev–Trinajstić information content (AvgIpc) is 3.35. The molecule has 0 atom stereocenters. The molecule has 3 aliphatic rings. The third kappa shape index (κ3) is 4.22. The van der Waals surface area contributed by atoms with Crippen molar-refractivity contribution in [3.05, 3.63) is 153 Å². The van der Waals surface area contributed by atoms with Gasteiger partial charge in [-0.2, -0.15) is 9.84 Å². The fraction of sp³-hybridized carbons (Fsp3) is 0.162. The number of nitriles is 1. The molecule has 4 nitrogen and oxygen atoms in total. The van der Waals surface area contributed by atoms with Gasteiger partial charge in [0.05, 0.1) is 17.2 Å². The van der Waals surface area contributed by atoms with Crippen LogP contribution in [-0.4, -0.2) is 22.5 Å². The Bertz CT molecular complexity index is 1830. The van der Waals surface area contributed by atoms with E-state index in [1.165, 1.54) is 55.8 Å². The number of aryl methyl sites for hydroxylation is 1. The lowest BCUT2D eigenvalue weighted by Crippen LogP contribution is -2.33. The van der Waals surface area contributed by atoms with E-state index in [4.69, 9.17) is 0 Å². The molecule has 4 heteroatoms. The molecule has 0 aromatic heterocycles. The van der Waals surface area contributed by atoms with Crippen molar-refractivity contribution in [2.75, 3.05) is 6.54 Å². The summed E-state index contributed by atoms with van der Waals surface area (Å²) < 4.78 is 2.52. The Morgan fingerprint density at radius 3 is 2.00 bits per heavy atom. The van der Waals surface area contributed by atoms with Crippen LogP contribution in [0.15, 0.2) is 119 Å². The van der Waals surface area contributed by atoms with Crippen molar-refractivity contribution in [1.82, 2.24) is 0 Å². The summed E-state index contributed by atoms with van der Waals surface area (Å²) in [4.78, 5) is 0. The minimum absolute atomic E-state index is 0.693. The zero-order valence-electron chi connectivity index (χ0n) is 23.4. The SMILES string of the molecule is CC1=N[N-]C(C)=C([N+]2=C(CCc3ccc(C#N)cc3)c3ccccc3CC2)C1=C1c2ccccc2-c2ccccc21. The molecule has 0 radical (unpaired) electrons. The first-order chi connectivity index (χ1) is 20.1. The van der Waals surface area contributed by atoms with E-state index in [1.807, 2.05) is 12.1 Å². The van der Waals surface area contributed by atoms with Gasteiger partial charge in [-0.25, -0.2) is 0 Å². The van der Waals surface area contributed by atoms with Crippen molar-refractivity contribution in [2.24, 2.45) is 5.10 Å². The molecule has 0 amide bonds. The summed E-state index contributed by atoms with van der Waals surface area (Å²) in [5.41, 5.74) is 21.1. The minimum Gasteiger partial charge on any atom is -0.574 e. The molecular weight excluding hydrogens is 500 g/mol. The lowest BCUT2D eigenvalue weighted by atomic mass is 9.88. The van der Waals surface area contributed by atoms with Crippen LogP contribution in [0.3, 0.4) is 0 Å². The molecule has 0 spiro atoms. The molecule has 198 valence electrons. The number of nitrogens with zero attached hydrogens (tertiary/aromatic N) is 4. The summed E-state index contributed by atoms with van der Waals surface area (Å²) in [5, 5.41) is 13.9. The number of hydrogen-bond donors (Lipinski definition) is 0. The van der Waals surface area contributed by atoms with Crippen LogP contribution >= 0.6 is 0 Å². The second-order valence-electron chi connectivity index (χ2n) is 10.9. The van der Waals surface area contributed by atoms with Crippen molar-refractivity contribution in [3.8, 4) is 17.2 Å². The highest BCUT2D eigenvalue weighted by Crippen LogP contribution is 2.48. The first-order valence-corrected chi connectivity index (χ1v) is 14.2. The Balaban J connectivity index is 1.44. The van der Waals surface area contributed by atoms with Crippen LogP contribution in [0.1, 0.15) is 53.6 Å². The third-order valence-electron chi connectivity index (χ3n) is 8.49. The maximum atomic E-state index is 9.25. The highest BCUT2D eigenvalue weighted by molar-refractivity contribution is 6.16. The topological polar surface area (TPSA) is 53.3 Å². The highest BCUT2D eigenvalue weighted by atomic mass is 15.3. The second kappa shape index (κ2) is 10.2. The van der Waals surface area contributed by atoms with Gasteiger partial charge in [0.2, 0.25) is 0 Å². The molecule has 41 heavy (non-hydrogen) atoms. The molecule has 4 aromatic carbocycles. The summed E-state index contributed by atoms with van der Waals surface area (Å²) in [6.45, 7) is 5.07. The van der Waals surface area contributed by atoms with Crippen LogP contribution in [0.25, 0.3) is 22.1 Å². The third-order valence-corrected chi connectivity index (χ3v) is 8.49. The van der Waals surface area contributed by atoms with Gasteiger partial charge >= 0.3 is 0 Å². The van der Waals surface area contributed by atoms with Gasteiger partial charge in [0, 0.05) is 29.7 Å². The van der Waals surface area contributed by atoms with Gasteiger partial charge in [-0.15, -0.1) is 0 Å². The van der Waals surface area contributed by atoms with E-state index in [2.05, 4.69) is 120 Å². The Morgan fingerprint density at radius 2 is 1.34 bits per heavy atom. The van der Waals surface area contributed by atoms with E-state index in [0.29, 0.717) is 5.56 Å². The van der Waals surface area contributed by atoms with Gasteiger partial charge in [-0.3, -0.25) is 0 Å². The first kappa shape index (κ1) is 25.0. The molecule has 7 rings (SSSR count). The Kier molecular flexibility index (Phi) is 6.21. The molecule has 0 unspecified atom stereocenters. The normalized spacial score (nSPS) is 15.6. The standard InChI is InChI=1S/C37H30N4/c1-24-35(36-32-13-7-5-11-30(32)31-12-6-8-14-33(31)36)37(25(2)40-39-24)41-22-21-28-9-3-4-10-29(28)34(41)20-19-26-15-17-27(23-38)18-16-26/h3-18H,19-22H2,1-2H3. The van der Waals surface area contributed by atoms with Crippen LogP contribution in [0.5, 0.6) is 0 Å². The van der Waals surface area contributed by atoms with Crippen molar-refractivity contribution in [3.63, 3.8) is 0 Å². The fourth-order valence-corrected chi connectivity index (χ4v) is 6.57. The van der Waals surface area contributed by atoms with Crippen LogP contribution in [0, 0.1) is 11.3 Å². The number of allylic oxidation sites excluding steroid dienone is 2. The Hall–Kier alpha value is -5.01. The summed E-state index contributed by atoms with van der Waals surface area (Å²) in [6, 6.07) is 36.5. The maximum Gasteiger partial charge on any atom is 0.197 e. The van der Waals surface area contributed by atoms with Gasteiger partial charge in [0.1, 0.15) is 0 Å². The van der Waals surface area contributed by atoms with E-state index >= 15 is 0 Å². The van der Waals surface area contributed by atoms with E-state index in [1.54, 1.807) is 0 Å². The van der Waals surface area contributed by atoms with Crippen LogP contribution in [-0.2, 0) is 12.8 Å². The zero-order chi connectivity index (χ0) is 27.9. The molecule has 0 N–H and O–H groups in total. The Labute approximate surface area is 241 Å². The highest BCUT2D eigenvalue weighted by Gasteiger charge is 2.36. The summed E-state index contributed by atoms with van der Waals surface area (Å²) >= 11 is 0. The van der Waals surface area contributed by atoms with Crippen molar-refractivity contribution in [1.29, 1.82) is 5.26 Å². The first-order valence-electron chi connectivity index (χ1n) is 14.2. The van der Waals surface area contributed by atoms with Gasteiger partial charge in [-0.1, -0.05) is 91.5 Å². The molecular formula is C37H30N4. The fourth-order valence-electron chi connectivity index (χ4n) is 6.57. The quantitative estimate of drug-likeness (QED) is 0.217. The lowest BCUT2D eigenvalue weighted by Gasteiger charge is -2.31. The molecule has 0 saturated carbocycles. The van der Waals surface area contributed by atoms with Gasteiger partial charge < -0.3 is 10.5 Å². The summed E-state index contributed by atoms with van der Waals surface area (Å²) in [6.07, 6.45) is 2.74. The number of hydrogen-bond acceptors (Lipinski definition) is 2. The molecule has 0 saturated heterocycles. The molecule has 2 heterocycles.